The first-order valence-corrected chi connectivity index (χ1v) is 19.7. The van der Waals surface area contributed by atoms with E-state index in [1.807, 2.05) is 127 Å². The molecule has 7 rings (SSSR count). The number of amides is 1. The van der Waals surface area contributed by atoms with E-state index in [4.69, 9.17) is 37.9 Å². The molecule has 0 spiro atoms. The van der Waals surface area contributed by atoms with E-state index >= 15 is 0 Å². The molecule has 1 saturated heterocycles. The summed E-state index contributed by atoms with van der Waals surface area (Å²) in [6.45, 7) is 1.73. The van der Waals surface area contributed by atoms with E-state index in [0.29, 0.717) is 37.1 Å². The standard InChI is InChI=1S/C48H51NO10/c1-52-41-27-36(25-34-15-8-10-17-39(34)41)46(54-3)58-43-29-49(48(50)51)30-44(59-47(55-4)37-26-35-16-9-11-18-40(35)42(28-37)53-2)45(43)33-19-21-38(22-20-33)57-24-12-23-56-31-32-13-6-5-7-14-32/h5-11,13-22,25-28,43-47H,12,23-24,29-31H2,1-4H3,(H,50,51)/t43-,44+,45+,46?,47?. The molecule has 308 valence electrons. The topological polar surface area (TPSA) is 114 Å². The fourth-order valence-corrected chi connectivity index (χ4v) is 7.78. The Kier molecular flexibility index (Phi) is 13.9. The number of likely N-dealkylation sites (tertiary alicyclic amines) is 1. The fourth-order valence-electron chi connectivity index (χ4n) is 7.78. The number of carboxylic acid groups (broad SMARTS) is 1. The molecule has 5 atom stereocenters. The predicted molar refractivity (Wildman–Crippen MR) is 225 cm³/mol. The van der Waals surface area contributed by atoms with Crippen LogP contribution in [0, 0.1) is 0 Å². The lowest BCUT2D eigenvalue weighted by atomic mass is 9.84. The molecule has 0 saturated carbocycles. The third-order valence-corrected chi connectivity index (χ3v) is 10.7. The number of hydrogen-bond acceptors (Lipinski definition) is 9. The van der Waals surface area contributed by atoms with Crippen LogP contribution in [0.1, 0.15) is 47.2 Å². The number of fused-ring (bicyclic) bond motifs is 2. The Morgan fingerprint density at radius 2 is 1.19 bits per heavy atom. The number of nitrogens with zero attached hydrogens (tertiary/aromatic N) is 1. The summed E-state index contributed by atoms with van der Waals surface area (Å²) < 4.78 is 49.2. The minimum Gasteiger partial charge on any atom is -0.496 e. The van der Waals surface area contributed by atoms with E-state index < -0.39 is 36.8 Å². The lowest BCUT2D eigenvalue weighted by molar-refractivity contribution is -0.218. The molecule has 0 aliphatic carbocycles. The van der Waals surface area contributed by atoms with Gasteiger partial charge in [0.2, 0.25) is 0 Å². The van der Waals surface area contributed by atoms with Gasteiger partial charge in [0.15, 0.2) is 12.6 Å². The van der Waals surface area contributed by atoms with Crippen LogP contribution in [0.25, 0.3) is 21.5 Å². The molecule has 59 heavy (non-hydrogen) atoms. The van der Waals surface area contributed by atoms with Crippen molar-refractivity contribution < 1.29 is 47.8 Å². The maximum Gasteiger partial charge on any atom is 0.407 e. The Morgan fingerprint density at radius 3 is 1.69 bits per heavy atom. The molecule has 1 amide bonds. The van der Waals surface area contributed by atoms with Gasteiger partial charge < -0.3 is 47.9 Å². The van der Waals surface area contributed by atoms with Crippen molar-refractivity contribution >= 4 is 27.6 Å². The van der Waals surface area contributed by atoms with E-state index in [9.17, 15) is 9.90 Å². The zero-order valence-corrected chi connectivity index (χ0v) is 33.8. The van der Waals surface area contributed by atoms with Crippen LogP contribution in [0.15, 0.2) is 127 Å². The fraction of sp³-hybridized carbons (Fsp3) is 0.312. The van der Waals surface area contributed by atoms with Gasteiger partial charge in [-0.25, -0.2) is 4.79 Å². The van der Waals surface area contributed by atoms with Gasteiger partial charge in [0.25, 0.3) is 0 Å². The highest BCUT2D eigenvalue weighted by Crippen LogP contribution is 2.41. The molecule has 6 aromatic rings. The van der Waals surface area contributed by atoms with Crippen LogP contribution in [0.3, 0.4) is 0 Å². The summed E-state index contributed by atoms with van der Waals surface area (Å²) in [7, 11) is 6.39. The summed E-state index contributed by atoms with van der Waals surface area (Å²) >= 11 is 0. The van der Waals surface area contributed by atoms with Gasteiger partial charge in [-0.2, -0.15) is 0 Å². The monoisotopic (exact) mass is 801 g/mol. The maximum absolute atomic E-state index is 12.8. The molecule has 0 aromatic heterocycles. The van der Waals surface area contributed by atoms with E-state index in [1.165, 1.54) is 4.90 Å². The zero-order chi connectivity index (χ0) is 41.1. The van der Waals surface area contributed by atoms with E-state index in [0.717, 1.165) is 50.2 Å². The Morgan fingerprint density at radius 1 is 0.661 bits per heavy atom. The Hall–Kier alpha value is -5.69. The second-order valence-electron chi connectivity index (χ2n) is 14.4. The number of methoxy groups -OCH3 is 4. The van der Waals surface area contributed by atoms with Gasteiger partial charge in [0.1, 0.15) is 17.2 Å². The average Bonchev–Trinajstić information content (AvgIpc) is 3.28. The SMILES string of the molecule is COc1cc(C(OC)O[C@H]2CN(C(=O)O)C[C@@H](OC(OC)c3cc(OC)c4ccccc4c3)[C@@H]2c2ccc(OCCCOCc3ccccc3)cc2)cc2ccccc12. The normalized spacial score (nSPS) is 17.8. The summed E-state index contributed by atoms with van der Waals surface area (Å²) in [6.07, 6.45) is -3.54. The highest BCUT2D eigenvalue weighted by atomic mass is 16.7. The first kappa shape index (κ1) is 41.5. The van der Waals surface area contributed by atoms with E-state index in [-0.39, 0.29) is 13.1 Å². The van der Waals surface area contributed by atoms with Crippen molar-refractivity contribution in [2.24, 2.45) is 0 Å². The van der Waals surface area contributed by atoms with Crippen LogP contribution in [0.2, 0.25) is 0 Å². The van der Waals surface area contributed by atoms with Gasteiger partial charge >= 0.3 is 6.09 Å². The predicted octanol–water partition coefficient (Wildman–Crippen LogP) is 9.53. The largest absolute Gasteiger partial charge is 0.496 e. The number of benzene rings is 6. The molecule has 11 nitrogen and oxygen atoms in total. The Labute approximate surface area is 344 Å². The molecule has 0 radical (unpaired) electrons. The lowest BCUT2D eigenvalue weighted by Gasteiger charge is -2.44. The molecule has 1 heterocycles. The quantitative estimate of drug-likeness (QED) is 0.0666. The third kappa shape index (κ3) is 9.96. The zero-order valence-electron chi connectivity index (χ0n) is 33.8. The van der Waals surface area contributed by atoms with Crippen LogP contribution in [0.5, 0.6) is 17.2 Å². The van der Waals surface area contributed by atoms with Crippen molar-refractivity contribution in [1.82, 2.24) is 4.90 Å². The second kappa shape index (κ2) is 19.8. The first-order chi connectivity index (χ1) is 28.9. The summed E-state index contributed by atoms with van der Waals surface area (Å²) in [5.41, 5.74) is 3.45. The summed E-state index contributed by atoms with van der Waals surface area (Å²) in [4.78, 5) is 14.1. The maximum atomic E-state index is 12.8. The molecule has 1 aliphatic rings. The van der Waals surface area contributed by atoms with Crippen LogP contribution in [0.4, 0.5) is 4.79 Å². The minimum atomic E-state index is -1.09. The average molecular weight is 802 g/mol. The van der Waals surface area contributed by atoms with Crippen molar-refractivity contribution in [3.05, 3.63) is 150 Å². The summed E-state index contributed by atoms with van der Waals surface area (Å²) in [5.74, 6) is 1.57. The smallest absolute Gasteiger partial charge is 0.407 e. The molecular weight excluding hydrogens is 751 g/mol. The molecule has 1 aliphatic heterocycles. The molecule has 6 aromatic carbocycles. The molecule has 1 fully saturated rings. The molecule has 2 unspecified atom stereocenters. The molecular formula is C48H51NO10. The van der Waals surface area contributed by atoms with Crippen molar-refractivity contribution in [3.63, 3.8) is 0 Å². The molecule has 0 bridgehead atoms. The minimum absolute atomic E-state index is 0.0626. The van der Waals surface area contributed by atoms with Gasteiger partial charge in [0.05, 0.1) is 59.3 Å². The number of hydrogen-bond donors (Lipinski definition) is 1. The molecule has 11 heteroatoms. The first-order valence-electron chi connectivity index (χ1n) is 19.7. The van der Waals surface area contributed by atoms with Gasteiger partial charge in [-0.3, -0.25) is 0 Å². The highest BCUT2D eigenvalue weighted by Gasteiger charge is 2.43. The summed E-state index contributed by atoms with van der Waals surface area (Å²) in [6, 6.07) is 41.5. The van der Waals surface area contributed by atoms with Gasteiger partial charge in [-0.15, -0.1) is 0 Å². The van der Waals surface area contributed by atoms with Crippen LogP contribution in [-0.2, 0) is 30.3 Å². The van der Waals surface area contributed by atoms with Crippen molar-refractivity contribution in [3.8, 4) is 17.2 Å². The third-order valence-electron chi connectivity index (χ3n) is 10.7. The molecule has 1 N–H and O–H groups in total. The van der Waals surface area contributed by atoms with Gasteiger partial charge in [0, 0.05) is 48.5 Å². The van der Waals surface area contributed by atoms with Gasteiger partial charge in [-0.1, -0.05) is 91.0 Å². The van der Waals surface area contributed by atoms with Crippen LogP contribution in [-0.4, -0.2) is 83.1 Å². The number of ether oxygens (including phenoxy) is 8. The van der Waals surface area contributed by atoms with Crippen molar-refractivity contribution in [2.75, 3.05) is 54.7 Å². The number of piperidine rings is 1. The Bertz CT molecular complexity index is 2180. The number of carbonyl (C=O) groups is 1. The van der Waals surface area contributed by atoms with E-state index in [1.54, 1.807) is 28.4 Å². The Balaban J connectivity index is 1.17. The highest BCUT2D eigenvalue weighted by molar-refractivity contribution is 5.90. The van der Waals surface area contributed by atoms with Crippen LogP contribution < -0.4 is 14.2 Å². The van der Waals surface area contributed by atoms with Crippen LogP contribution >= 0.6 is 0 Å². The number of rotatable bonds is 18. The van der Waals surface area contributed by atoms with Gasteiger partial charge in [-0.05, 0) is 58.3 Å². The lowest BCUT2D eigenvalue weighted by Crippen LogP contribution is -2.54. The van der Waals surface area contributed by atoms with Crippen molar-refractivity contribution in [2.45, 2.75) is 43.7 Å². The van der Waals surface area contributed by atoms with Crippen molar-refractivity contribution in [1.29, 1.82) is 0 Å². The second-order valence-corrected chi connectivity index (χ2v) is 14.4. The van der Waals surface area contributed by atoms with E-state index in [2.05, 4.69) is 0 Å². The summed E-state index contributed by atoms with van der Waals surface area (Å²) in [5, 5.41) is 14.3.